The smallest absolute Gasteiger partial charge is 0.387 e. The fourth-order valence-electron chi connectivity index (χ4n) is 2.88. The first kappa shape index (κ1) is 20.1. The van der Waals surface area contributed by atoms with E-state index in [0.29, 0.717) is 11.3 Å². The molecule has 2 aromatic rings. The van der Waals surface area contributed by atoms with Gasteiger partial charge in [-0.1, -0.05) is 34.1 Å². The number of ether oxygens (including phenoxy) is 2. The second-order valence-electron chi connectivity index (χ2n) is 6.22. The number of carbonyl (C=O) groups excluding carboxylic acids is 2. The van der Waals surface area contributed by atoms with E-state index in [-0.39, 0.29) is 18.9 Å². The van der Waals surface area contributed by atoms with Crippen molar-refractivity contribution in [1.29, 1.82) is 0 Å². The first-order valence-electron chi connectivity index (χ1n) is 8.37. The Morgan fingerprint density at radius 1 is 1.14 bits per heavy atom. The number of nitrogens with zero attached hydrogens (tertiary/aromatic N) is 1. The monoisotopic (exact) mass is 454 g/mol. The van der Waals surface area contributed by atoms with Crippen LogP contribution in [-0.4, -0.2) is 36.6 Å². The molecule has 3 rings (SSSR count). The highest BCUT2D eigenvalue weighted by molar-refractivity contribution is 9.10. The van der Waals surface area contributed by atoms with E-state index in [1.54, 1.807) is 19.1 Å². The van der Waals surface area contributed by atoms with Crippen molar-refractivity contribution in [2.45, 2.75) is 19.1 Å². The van der Waals surface area contributed by atoms with E-state index in [1.807, 2.05) is 12.1 Å². The molecule has 0 spiro atoms. The molecule has 0 aromatic heterocycles. The lowest BCUT2D eigenvalue weighted by Gasteiger charge is -2.22. The van der Waals surface area contributed by atoms with Gasteiger partial charge >= 0.3 is 12.6 Å². The lowest BCUT2D eigenvalue weighted by atomic mass is 9.92. The predicted octanol–water partition coefficient (Wildman–Crippen LogP) is 3.90. The summed E-state index contributed by atoms with van der Waals surface area (Å²) in [5.41, 5.74) is -0.834. The Bertz CT molecular complexity index is 878. The molecule has 0 bridgehead atoms. The number of halogens is 3. The molecule has 1 fully saturated rings. The van der Waals surface area contributed by atoms with Gasteiger partial charge in [0.1, 0.15) is 23.6 Å². The van der Waals surface area contributed by atoms with Gasteiger partial charge < -0.3 is 14.8 Å². The van der Waals surface area contributed by atoms with Gasteiger partial charge in [0.2, 0.25) is 0 Å². The Hall–Kier alpha value is -2.68. The minimum absolute atomic E-state index is 0.0293. The van der Waals surface area contributed by atoms with Crippen molar-refractivity contribution in [3.63, 3.8) is 0 Å². The molecule has 1 unspecified atom stereocenters. The number of alkyl halides is 2. The summed E-state index contributed by atoms with van der Waals surface area (Å²) in [6.45, 7) is -1.17. The van der Waals surface area contributed by atoms with Gasteiger partial charge in [-0.05, 0) is 42.8 Å². The van der Waals surface area contributed by atoms with Gasteiger partial charge in [-0.3, -0.25) is 9.69 Å². The summed E-state index contributed by atoms with van der Waals surface area (Å²) in [5.74, 6) is 0.134. The Balaban J connectivity index is 1.66. The van der Waals surface area contributed by atoms with Gasteiger partial charge in [0.25, 0.3) is 5.91 Å². The van der Waals surface area contributed by atoms with Gasteiger partial charge in [0.05, 0.1) is 6.54 Å². The highest BCUT2D eigenvalue weighted by Gasteiger charge is 2.48. The molecule has 3 amide bonds. The SMILES string of the molecule is CC1(c2ccc(OC(F)F)cc2)NC(=O)N(CCOc2cccc(Br)c2)C1=O. The number of hydrogen-bond donors (Lipinski definition) is 1. The number of rotatable bonds is 7. The van der Waals surface area contributed by atoms with E-state index in [2.05, 4.69) is 26.0 Å². The minimum Gasteiger partial charge on any atom is -0.492 e. The number of imide groups is 1. The van der Waals surface area contributed by atoms with E-state index >= 15 is 0 Å². The van der Waals surface area contributed by atoms with Crippen molar-refractivity contribution in [1.82, 2.24) is 10.2 Å². The topological polar surface area (TPSA) is 67.9 Å². The molecule has 1 aliphatic rings. The largest absolute Gasteiger partial charge is 0.492 e. The van der Waals surface area contributed by atoms with Crippen LogP contribution in [0.3, 0.4) is 0 Å². The molecule has 9 heteroatoms. The molecule has 1 N–H and O–H groups in total. The van der Waals surface area contributed by atoms with E-state index in [9.17, 15) is 18.4 Å². The summed E-state index contributed by atoms with van der Waals surface area (Å²) in [7, 11) is 0. The van der Waals surface area contributed by atoms with Crippen LogP contribution in [0.25, 0.3) is 0 Å². The predicted molar refractivity (Wildman–Crippen MR) is 100 cm³/mol. The average molecular weight is 455 g/mol. The van der Waals surface area contributed by atoms with Gasteiger partial charge in [-0.15, -0.1) is 0 Å². The molecule has 0 radical (unpaired) electrons. The number of nitrogens with one attached hydrogen (secondary N) is 1. The van der Waals surface area contributed by atoms with Gasteiger partial charge in [0.15, 0.2) is 0 Å². The van der Waals surface area contributed by atoms with Crippen LogP contribution in [0.15, 0.2) is 53.0 Å². The molecule has 1 saturated heterocycles. The van der Waals surface area contributed by atoms with Crippen molar-refractivity contribution in [3.8, 4) is 11.5 Å². The first-order valence-corrected chi connectivity index (χ1v) is 9.17. The second kappa shape index (κ2) is 8.14. The zero-order valence-electron chi connectivity index (χ0n) is 14.8. The van der Waals surface area contributed by atoms with Gasteiger partial charge in [-0.25, -0.2) is 4.79 Å². The third-order valence-electron chi connectivity index (χ3n) is 4.31. The molecular formula is C19H17BrF2N2O4. The fraction of sp³-hybridized carbons (Fsp3) is 0.263. The van der Waals surface area contributed by atoms with E-state index in [1.165, 1.54) is 24.3 Å². The Kier molecular flexibility index (Phi) is 5.83. The maximum Gasteiger partial charge on any atom is 0.387 e. The number of benzene rings is 2. The molecule has 148 valence electrons. The zero-order chi connectivity index (χ0) is 20.3. The van der Waals surface area contributed by atoms with Crippen LogP contribution in [0, 0.1) is 0 Å². The van der Waals surface area contributed by atoms with Crippen molar-refractivity contribution in [3.05, 3.63) is 58.6 Å². The second-order valence-corrected chi connectivity index (χ2v) is 7.14. The highest BCUT2D eigenvalue weighted by Crippen LogP contribution is 2.30. The van der Waals surface area contributed by atoms with Crippen LogP contribution >= 0.6 is 15.9 Å². The Labute approximate surface area is 168 Å². The molecule has 0 aliphatic carbocycles. The number of urea groups is 1. The highest BCUT2D eigenvalue weighted by atomic mass is 79.9. The normalized spacial score (nSPS) is 19.1. The fourth-order valence-corrected chi connectivity index (χ4v) is 3.26. The van der Waals surface area contributed by atoms with Crippen LogP contribution in [0.1, 0.15) is 12.5 Å². The van der Waals surface area contributed by atoms with Crippen molar-refractivity contribution >= 4 is 27.9 Å². The molecular weight excluding hydrogens is 438 g/mol. The van der Waals surface area contributed by atoms with E-state index in [0.717, 1.165) is 9.37 Å². The third kappa shape index (κ3) is 4.24. The molecule has 2 aromatic carbocycles. The molecule has 1 aliphatic heterocycles. The summed E-state index contributed by atoms with van der Waals surface area (Å²) in [4.78, 5) is 26.2. The summed E-state index contributed by atoms with van der Waals surface area (Å²) in [6.07, 6.45) is 0. The quantitative estimate of drug-likeness (QED) is 0.644. The number of hydrogen-bond acceptors (Lipinski definition) is 4. The summed E-state index contributed by atoms with van der Waals surface area (Å²) in [6, 6.07) is 12.3. The van der Waals surface area contributed by atoms with Crippen LogP contribution in [0.2, 0.25) is 0 Å². The lowest BCUT2D eigenvalue weighted by molar-refractivity contribution is -0.131. The van der Waals surface area contributed by atoms with Gasteiger partial charge in [0, 0.05) is 4.47 Å². The molecule has 1 heterocycles. The maximum absolute atomic E-state index is 12.8. The first-order chi connectivity index (χ1) is 13.3. The van der Waals surface area contributed by atoms with Crippen LogP contribution in [0.4, 0.5) is 13.6 Å². The summed E-state index contributed by atoms with van der Waals surface area (Å²) in [5, 5.41) is 2.65. The zero-order valence-corrected chi connectivity index (χ0v) is 16.4. The summed E-state index contributed by atoms with van der Waals surface area (Å²) >= 11 is 3.34. The van der Waals surface area contributed by atoms with Crippen LogP contribution in [-0.2, 0) is 10.3 Å². The number of amides is 3. The Morgan fingerprint density at radius 3 is 2.50 bits per heavy atom. The van der Waals surface area contributed by atoms with E-state index in [4.69, 9.17) is 4.74 Å². The van der Waals surface area contributed by atoms with Gasteiger partial charge in [-0.2, -0.15) is 8.78 Å². The van der Waals surface area contributed by atoms with E-state index < -0.39 is 24.1 Å². The van der Waals surface area contributed by atoms with Crippen LogP contribution < -0.4 is 14.8 Å². The maximum atomic E-state index is 12.8. The molecule has 6 nitrogen and oxygen atoms in total. The van der Waals surface area contributed by atoms with Crippen molar-refractivity contribution < 1.29 is 27.8 Å². The number of carbonyl (C=O) groups is 2. The average Bonchev–Trinajstić information content (AvgIpc) is 2.86. The van der Waals surface area contributed by atoms with Crippen molar-refractivity contribution in [2.75, 3.05) is 13.2 Å². The standard InChI is InChI=1S/C19H17BrF2N2O4/c1-19(12-5-7-14(8-6-12)28-17(21)22)16(25)24(18(26)23-19)9-10-27-15-4-2-3-13(20)11-15/h2-8,11,17H,9-10H2,1H3,(H,23,26). The lowest BCUT2D eigenvalue weighted by Crippen LogP contribution is -2.41. The van der Waals surface area contributed by atoms with Crippen molar-refractivity contribution in [2.24, 2.45) is 0 Å². The summed E-state index contributed by atoms with van der Waals surface area (Å²) < 4.78 is 35.3. The molecule has 28 heavy (non-hydrogen) atoms. The minimum atomic E-state index is -2.94. The Morgan fingerprint density at radius 2 is 1.86 bits per heavy atom. The molecule has 0 saturated carbocycles. The third-order valence-corrected chi connectivity index (χ3v) is 4.80. The van der Waals surface area contributed by atoms with Crippen LogP contribution in [0.5, 0.6) is 11.5 Å². The molecule has 1 atom stereocenters.